The molecular weight excluding hydrogens is 298 g/mol. The first-order valence-corrected chi connectivity index (χ1v) is 7.76. The van der Waals surface area contributed by atoms with E-state index in [1.807, 2.05) is 36.9 Å². The van der Waals surface area contributed by atoms with Crippen molar-refractivity contribution in [1.29, 1.82) is 0 Å². The maximum atomic E-state index is 12.1. The van der Waals surface area contributed by atoms with Gasteiger partial charge in [-0.2, -0.15) is 11.8 Å². The maximum Gasteiger partial charge on any atom is 0.252 e. The summed E-state index contributed by atoms with van der Waals surface area (Å²) in [6.07, 6.45) is 2.30. The highest BCUT2D eigenvalue weighted by Gasteiger charge is 2.18. The fourth-order valence-electron chi connectivity index (χ4n) is 1.92. The quantitative estimate of drug-likeness (QED) is 0.907. The second-order valence-corrected chi connectivity index (χ2v) is 6.37. The normalized spacial score (nSPS) is 20.0. The molecule has 1 unspecified atom stereocenters. The van der Waals surface area contributed by atoms with Gasteiger partial charge in [-0.3, -0.25) is 4.79 Å². The van der Waals surface area contributed by atoms with Crippen LogP contribution in [-0.4, -0.2) is 23.5 Å². The Hall–Kier alpha value is -0.480. The number of amides is 1. The molecule has 1 aliphatic rings. The minimum absolute atomic E-state index is 0.0318. The van der Waals surface area contributed by atoms with Crippen molar-refractivity contribution in [2.45, 2.75) is 25.8 Å². The van der Waals surface area contributed by atoms with Crippen molar-refractivity contribution in [1.82, 2.24) is 5.32 Å². The molecule has 1 N–H and O–H groups in total. The lowest BCUT2D eigenvalue weighted by atomic mass is 10.1. The molecule has 1 aromatic carbocycles. The van der Waals surface area contributed by atoms with Gasteiger partial charge in [-0.05, 0) is 59.1 Å². The summed E-state index contributed by atoms with van der Waals surface area (Å²) in [5.41, 5.74) is 1.88. The highest BCUT2D eigenvalue weighted by molar-refractivity contribution is 9.10. The van der Waals surface area contributed by atoms with Crippen LogP contribution in [0.3, 0.4) is 0 Å². The van der Waals surface area contributed by atoms with Crippen LogP contribution in [0.2, 0.25) is 0 Å². The van der Waals surface area contributed by atoms with Crippen LogP contribution >= 0.6 is 27.7 Å². The lowest BCUT2D eigenvalue weighted by molar-refractivity contribution is 0.0938. The Morgan fingerprint density at radius 1 is 1.53 bits per heavy atom. The molecule has 1 amide bonds. The lowest BCUT2D eigenvalue weighted by Crippen LogP contribution is -2.38. The van der Waals surface area contributed by atoms with Crippen LogP contribution in [0.4, 0.5) is 0 Å². The first-order valence-electron chi connectivity index (χ1n) is 5.81. The van der Waals surface area contributed by atoms with Crippen molar-refractivity contribution in [2.75, 3.05) is 11.5 Å². The predicted octanol–water partition coefficient (Wildman–Crippen LogP) is 3.38. The van der Waals surface area contributed by atoms with Gasteiger partial charge in [0.15, 0.2) is 0 Å². The second-order valence-electron chi connectivity index (χ2n) is 4.37. The van der Waals surface area contributed by atoms with Crippen molar-refractivity contribution >= 4 is 33.6 Å². The molecule has 0 aromatic heterocycles. The Labute approximate surface area is 115 Å². The van der Waals surface area contributed by atoms with Gasteiger partial charge in [0, 0.05) is 16.3 Å². The number of aryl methyl sites for hydroxylation is 1. The molecule has 1 fully saturated rings. The van der Waals surface area contributed by atoms with Gasteiger partial charge in [0.1, 0.15) is 0 Å². The Balaban J connectivity index is 2.03. The summed E-state index contributed by atoms with van der Waals surface area (Å²) in [7, 11) is 0. The van der Waals surface area contributed by atoms with E-state index in [1.165, 1.54) is 12.2 Å². The predicted molar refractivity (Wildman–Crippen MR) is 76.7 cm³/mol. The highest BCUT2D eigenvalue weighted by atomic mass is 79.9. The van der Waals surface area contributed by atoms with Gasteiger partial charge in [-0.1, -0.05) is 6.07 Å². The third-order valence-electron chi connectivity index (χ3n) is 2.86. The highest BCUT2D eigenvalue weighted by Crippen LogP contribution is 2.20. The van der Waals surface area contributed by atoms with Gasteiger partial charge >= 0.3 is 0 Å². The minimum atomic E-state index is 0.0318. The number of hydrogen-bond donors (Lipinski definition) is 1. The molecule has 0 aliphatic carbocycles. The average molecular weight is 314 g/mol. The number of nitrogens with one attached hydrogen (secondary N) is 1. The van der Waals surface area contributed by atoms with Crippen molar-refractivity contribution in [2.24, 2.45) is 0 Å². The van der Waals surface area contributed by atoms with Gasteiger partial charge < -0.3 is 5.32 Å². The molecule has 2 rings (SSSR count). The van der Waals surface area contributed by atoms with Crippen LogP contribution in [0, 0.1) is 6.92 Å². The van der Waals surface area contributed by atoms with E-state index >= 15 is 0 Å². The molecule has 1 atom stereocenters. The van der Waals surface area contributed by atoms with Crippen molar-refractivity contribution in [3.63, 3.8) is 0 Å². The van der Waals surface area contributed by atoms with E-state index in [-0.39, 0.29) is 5.91 Å². The number of thioether (sulfide) groups is 1. The first kappa shape index (κ1) is 13.0. The SMILES string of the molecule is Cc1ccc(C(=O)NC2CCCSC2)c(Br)c1. The second kappa shape index (κ2) is 5.91. The Bertz CT molecular complexity index is 416. The zero-order valence-electron chi connectivity index (χ0n) is 9.83. The van der Waals surface area contributed by atoms with Crippen molar-refractivity contribution in [3.8, 4) is 0 Å². The number of carbonyl (C=O) groups excluding carboxylic acids is 1. The van der Waals surface area contributed by atoms with E-state index in [0.717, 1.165) is 27.8 Å². The van der Waals surface area contributed by atoms with E-state index in [9.17, 15) is 4.79 Å². The van der Waals surface area contributed by atoms with Crippen LogP contribution in [0.5, 0.6) is 0 Å². The zero-order valence-corrected chi connectivity index (χ0v) is 12.2. The van der Waals surface area contributed by atoms with Crippen LogP contribution in [0.25, 0.3) is 0 Å². The molecular formula is C13H16BrNOS. The molecule has 0 spiro atoms. The molecule has 1 saturated heterocycles. The van der Waals surface area contributed by atoms with Crippen LogP contribution in [0.15, 0.2) is 22.7 Å². The van der Waals surface area contributed by atoms with Gasteiger partial charge in [0.2, 0.25) is 0 Å². The zero-order chi connectivity index (χ0) is 12.3. The van der Waals surface area contributed by atoms with E-state index < -0.39 is 0 Å². The largest absolute Gasteiger partial charge is 0.348 e. The molecule has 92 valence electrons. The molecule has 0 radical (unpaired) electrons. The summed E-state index contributed by atoms with van der Waals surface area (Å²) in [6.45, 7) is 2.02. The van der Waals surface area contributed by atoms with Gasteiger partial charge in [0.25, 0.3) is 5.91 Å². The van der Waals surface area contributed by atoms with Crippen LogP contribution < -0.4 is 5.32 Å². The molecule has 17 heavy (non-hydrogen) atoms. The third kappa shape index (κ3) is 3.49. The molecule has 1 heterocycles. The smallest absolute Gasteiger partial charge is 0.252 e. The van der Waals surface area contributed by atoms with Crippen molar-refractivity contribution < 1.29 is 4.79 Å². The summed E-state index contributed by atoms with van der Waals surface area (Å²) >= 11 is 5.37. The Morgan fingerprint density at radius 3 is 3.00 bits per heavy atom. The Morgan fingerprint density at radius 2 is 2.35 bits per heavy atom. The number of rotatable bonds is 2. The van der Waals surface area contributed by atoms with E-state index in [4.69, 9.17) is 0 Å². The Kier molecular flexibility index (Phi) is 4.51. The lowest BCUT2D eigenvalue weighted by Gasteiger charge is -2.22. The van der Waals surface area contributed by atoms with Crippen molar-refractivity contribution in [3.05, 3.63) is 33.8 Å². The summed E-state index contributed by atoms with van der Waals surface area (Å²) < 4.78 is 0.874. The van der Waals surface area contributed by atoms with E-state index in [1.54, 1.807) is 0 Å². The monoisotopic (exact) mass is 313 g/mol. The van der Waals surface area contributed by atoms with Gasteiger partial charge in [-0.15, -0.1) is 0 Å². The first-order chi connectivity index (χ1) is 8.16. The molecule has 0 bridgehead atoms. The number of benzene rings is 1. The summed E-state index contributed by atoms with van der Waals surface area (Å²) in [4.78, 5) is 12.1. The molecule has 0 saturated carbocycles. The van der Waals surface area contributed by atoms with Gasteiger partial charge in [0.05, 0.1) is 5.56 Å². The van der Waals surface area contributed by atoms with Crippen LogP contribution in [-0.2, 0) is 0 Å². The molecule has 2 nitrogen and oxygen atoms in total. The number of hydrogen-bond acceptors (Lipinski definition) is 2. The molecule has 1 aliphatic heterocycles. The molecule has 4 heteroatoms. The van der Waals surface area contributed by atoms with Gasteiger partial charge in [-0.25, -0.2) is 0 Å². The fraction of sp³-hybridized carbons (Fsp3) is 0.462. The van der Waals surface area contributed by atoms with E-state index in [2.05, 4.69) is 21.2 Å². The molecule has 1 aromatic rings. The number of carbonyl (C=O) groups is 1. The third-order valence-corrected chi connectivity index (χ3v) is 4.74. The standard InChI is InChI=1S/C13H16BrNOS/c1-9-4-5-11(12(14)7-9)13(16)15-10-3-2-6-17-8-10/h4-5,7,10H,2-3,6,8H2,1H3,(H,15,16). The summed E-state index contributed by atoms with van der Waals surface area (Å²) in [5, 5.41) is 3.11. The average Bonchev–Trinajstić information content (AvgIpc) is 2.30. The fourth-order valence-corrected chi connectivity index (χ4v) is 3.67. The maximum absolute atomic E-state index is 12.1. The summed E-state index contributed by atoms with van der Waals surface area (Å²) in [5.74, 6) is 2.29. The van der Waals surface area contributed by atoms with Crippen LogP contribution in [0.1, 0.15) is 28.8 Å². The minimum Gasteiger partial charge on any atom is -0.348 e. The van der Waals surface area contributed by atoms with E-state index in [0.29, 0.717) is 6.04 Å². The topological polar surface area (TPSA) is 29.1 Å². The summed E-state index contributed by atoms with van der Waals surface area (Å²) in [6, 6.07) is 6.15. The number of halogens is 1.